The van der Waals surface area contributed by atoms with Crippen molar-refractivity contribution in [3.63, 3.8) is 0 Å². The minimum Gasteiger partial charge on any atom is -0.198 e. The van der Waals surface area contributed by atoms with Crippen molar-refractivity contribution in [1.82, 2.24) is 40.0 Å². The highest BCUT2D eigenvalue weighted by Gasteiger charge is 2.13. The minimum atomic E-state index is 0.741. The largest absolute Gasteiger partial charge is 0.234 e. The highest BCUT2D eigenvalue weighted by Crippen LogP contribution is 2.27. The van der Waals surface area contributed by atoms with Crippen molar-refractivity contribution in [2.45, 2.75) is 26.7 Å². The summed E-state index contributed by atoms with van der Waals surface area (Å²) in [4.78, 5) is 0.812. The zero-order valence-electron chi connectivity index (χ0n) is 12.7. The molecule has 0 N–H and O–H groups in total. The fourth-order valence-corrected chi connectivity index (χ4v) is 3.25. The van der Waals surface area contributed by atoms with E-state index in [0.29, 0.717) is 0 Å². The molecule has 3 aromatic heterocycles. The maximum absolute atomic E-state index is 4.66. The first-order valence-electron chi connectivity index (χ1n) is 7.33. The monoisotopic (exact) mass is 326 g/mol. The number of aryl methyl sites for hydroxylation is 2. The Kier molecular flexibility index (Phi) is 3.34. The lowest BCUT2D eigenvalue weighted by Crippen LogP contribution is -1.99. The summed E-state index contributed by atoms with van der Waals surface area (Å²) in [6.45, 7) is 3.99. The van der Waals surface area contributed by atoms with Crippen LogP contribution in [-0.2, 0) is 6.42 Å². The topological polar surface area (TPSA) is 86.7 Å². The number of benzene rings is 1. The van der Waals surface area contributed by atoms with Gasteiger partial charge in [0.1, 0.15) is 5.01 Å². The molecule has 9 heteroatoms. The van der Waals surface area contributed by atoms with Crippen LogP contribution in [0.3, 0.4) is 0 Å². The Labute approximate surface area is 135 Å². The molecule has 0 saturated heterocycles. The van der Waals surface area contributed by atoms with Gasteiger partial charge in [-0.25, -0.2) is 0 Å². The molecule has 0 aliphatic carbocycles. The standard InChI is InChI=1S/C14H14N8S/c1-3-5-12-16-17-14-22(12)18-13(23-14)10-6-4-7-11(8-10)21-9(2)15-19-20-21/h4,6-8H,3,5H2,1-2H3. The molecule has 3 heterocycles. The van der Waals surface area contributed by atoms with Crippen LogP contribution in [0.2, 0.25) is 0 Å². The molecule has 116 valence electrons. The van der Waals surface area contributed by atoms with E-state index in [1.807, 2.05) is 35.7 Å². The van der Waals surface area contributed by atoms with Gasteiger partial charge in [-0.15, -0.1) is 15.3 Å². The van der Waals surface area contributed by atoms with Gasteiger partial charge in [-0.2, -0.15) is 14.3 Å². The lowest BCUT2D eigenvalue weighted by atomic mass is 10.2. The first kappa shape index (κ1) is 13.9. The Morgan fingerprint density at radius 1 is 1.17 bits per heavy atom. The van der Waals surface area contributed by atoms with Crippen molar-refractivity contribution in [3.8, 4) is 16.3 Å². The maximum atomic E-state index is 4.66. The average molecular weight is 326 g/mol. The molecule has 0 aliphatic rings. The molecule has 0 atom stereocenters. The summed E-state index contributed by atoms with van der Waals surface area (Å²) in [5, 5.41) is 25.5. The molecule has 1 aromatic carbocycles. The molecule has 4 rings (SSSR count). The average Bonchev–Trinajstić information content (AvgIpc) is 3.25. The van der Waals surface area contributed by atoms with Gasteiger partial charge in [0.05, 0.1) is 5.69 Å². The zero-order valence-corrected chi connectivity index (χ0v) is 13.5. The van der Waals surface area contributed by atoms with Crippen LogP contribution in [-0.4, -0.2) is 40.0 Å². The predicted octanol–water partition coefficient (Wildman–Crippen LogP) is 2.09. The van der Waals surface area contributed by atoms with Gasteiger partial charge in [-0.1, -0.05) is 30.4 Å². The second-order valence-electron chi connectivity index (χ2n) is 5.16. The fourth-order valence-electron chi connectivity index (χ4n) is 2.39. The van der Waals surface area contributed by atoms with Crippen LogP contribution in [0, 0.1) is 6.92 Å². The van der Waals surface area contributed by atoms with Crippen molar-refractivity contribution in [2.24, 2.45) is 0 Å². The van der Waals surface area contributed by atoms with Crippen LogP contribution in [0.4, 0.5) is 0 Å². The summed E-state index contributed by atoms with van der Waals surface area (Å²) in [6.07, 6.45) is 1.88. The minimum absolute atomic E-state index is 0.741. The second-order valence-corrected chi connectivity index (χ2v) is 6.11. The summed E-state index contributed by atoms with van der Waals surface area (Å²) in [6, 6.07) is 7.99. The maximum Gasteiger partial charge on any atom is 0.234 e. The van der Waals surface area contributed by atoms with Gasteiger partial charge in [-0.3, -0.25) is 0 Å². The zero-order chi connectivity index (χ0) is 15.8. The molecule has 0 fully saturated rings. The van der Waals surface area contributed by atoms with Crippen LogP contribution < -0.4 is 0 Å². The van der Waals surface area contributed by atoms with Gasteiger partial charge in [0.25, 0.3) is 0 Å². The quantitative estimate of drug-likeness (QED) is 0.571. The number of hydrogen-bond acceptors (Lipinski definition) is 7. The van der Waals surface area contributed by atoms with Crippen molar-refractivity contribution in [1.29, 1.82) is 0 Å². The molecule has 0 bridgehead atoms. The molecule has 0 spiro atoms. The lowest BCUT2D eigenvalue weighted by molar-refractivity contribution is 0.776. The normalized spacial score (nSPS) is 11.4. The van der Waals surface area contributed by atoms with E-state index in [2.05, 4.69) is 37.7 Å². The second kappa shape index (κ2) is 5.51. The van der Waals surface area contributed by atoms with Gasteiger partial charge >= 0.3 is 0 Å². The highest BCUT2D eigenvalue weighted by molar-refractivity contribution is 7.19. The number of rotatable bonds is 4. The van der Waals surface area contributed by atoms with Gasteiger partial charge in [0, 0.05) is 12.0 Å². The van der Waals surface area contributed by atoms with Crippen molar-refractivity contribution >= 4 is 16.3 Å². The molecule has 23 heavy (non-hydrogen) atoms. The van der Waals surface area contributed by atoms with Gasteiger partial charge < -0.3 is 0 Å². The van der Waals surface area contributed by atoms with Crippen LogP contribution in [0.1, 0.15) is 25.0 Å². The smallest absolute Gasteiger partial charge is 0.198 e. The summed E-state index contributed by atoms with van der Waals surface area (Å²) < 4.78 is 3.53. The first-order chi connectivity index (χ1) is 11.3. The third-order valence-electron chi connectivity index (χ3n) is 3.49. The number of hydrogen-bond donors (Lipinski definition) is 0. The van der Waals surface area contributed by atoms with Gasteiger partial charge in [-0.05, 0) is 35.9 Å². The molecule has 0 saturated carbocycles. The molecule has 0 amide bonds. The summed E-state index contributed by atoms with van der Waals surface area (Å²) >= 11 is 1.52. The first-order valence-corrected chi connectivity index (χ1v) is 8.15. The Hall–Kier alpha value is -2.68. The van der Waals surface area contributed by atoms with E-state index in [0.717, 1.165) is 45.7 Å². The van der Waals surface area contributed by atoms with Crippen molar-refractivity contribution in [3.05, 3.63) is 35.9 Å². The van der Waals surface area contributed by atoms with Crippen LogP contribution in [0.5, 0.6) is 0 Å². The molecule has 0 unspecified atom stereocenters. The number of tetrazole rings is 1. The number of fused-ring (bicyclic) bond motifs is 1. The summed E-state index contributed by atoms with van der Waals surface area (Å²) in [5.41, 5.74) is 1.92. The van der Waals surface area contributed by atoms with Crippen LogP contribution in [0.25, 0.3) is 21.2 Å². The Morgan fingerprint density at radius 3 is 2.87 bits per heavy atom. The van der Waals surface area contributed by atoms with Crippen molar-refractivity contribution < 1.29 is 0 Å². The Balaban J connectivity index is 1.77. The van der Waals surface area contributed by atoms with Gasteiger partial charge in [0.2, 0.25) is 4.96 Å². The van der Waals surface area contributed by atoms with E-state index in [-0.39, 0.29) is 0 Å². The Bertz CT molecular complexity index is 966. The van der Waals surface area contributed by atoms with Gasteiger partial charge in [0.15, 0.2) is 11.6 Å². The molecule has 0 radical (unpaired) electrons. The third-order valence-corrected chi connectivity index (χ3v) is 4.44. The Morgan fingerprint density at radius 2 is 2.09 bits per heavy atom. The predicted molar refractivity (Wildman–Crippen MR) is 85.5 cm³/mol. The molecule has 0 aliphatic heterocycles. The molecular formula is C14H14N8S. The molecule has 8 nitrogen and oxygen atoms in total. The van der Waals surface area contributed by atoms with Crippen LogP contribution in [0.15, 0.2) is 24.3 Å². The highest BCUT2D eigenvalue weighted by atomic mass is 32.1. The van der Waals surface area contributed by atoms with E-state index in [4.69, 9.17) is 0 Å². The molecule has 4 aromatic rings. The summed E-state index contributed by atoms with van der Waals surface area (Å²) in [5.74, 6) is 1.64. The van der Waals surface area contributed by atoms with Crippen molar-refractivity contribution in [2.75, 3.05) is 0 Å². The molecular weight excluding hydrogens is 312 g/mol. The SMILES string of the molecule is CCCc1nnc2sc(-c3cccc(-n4nnnc4C)c3)nn12. The third kappa shape index (κ3) is 2.38. The number of aromatic nitrogens is 8. The van der Waals surface area contributed by atoms with Crippen LogP contribution >= 0.6 is 11.3 Å². The van der Waals surface area contributed by atoms with E-state index >= 15 is 0 Å². The number of nitrogens with zero attached hydrogens (tertiary/aromatic N) is 8. The lowest BCUT2D eigenvalue weighted by Gasteiger charge is -2.03. The van der Waals surface area contributed by atoms with E-state index in [9.17, 15) is 0 Å². The fraction of sp³-hybridized carbons (Fsp3) is 0.286. The van der Waals surface area contributed by atoms with E-state index < -0.39 is 0 Å². The van der Waals surface area contributed by atoms with E-state index in [1.165, 1.54) is 11.3 Å². The van der Waals surface area contributed by atoms with E-state index in [1.54, 1.807) is 4.68 Å². The summed E-state index contributed by atoms with van der Waals surface area (Å²) in [7, 11) is 0.